The first-order chi connectivity index (χ1) is 8.03. The lowest BCUT2D eigenvalue weighted by atomic mass is 9.94. The fourth-order valence-corrected chi connectivity index (χ4v) is 2.47. The van der Waals surface area contributed by atoms with Crippen molar-refractivity contribution >= 4 is 0 Å². The summed E-state index contributed by atoms with van der Waals surface area (Å²) in [6.45, 7) is 0.709. The predicted octanol–water partition coefficient (Wildman–Crippen LogP) is 2.96. The lowest BCUT2D eigenvalue weighted by Crippen LogP contribution is -2.39. The molecule has 1 aliphatic rings. The van der Waals surface area contributed by atoms with Crippen LogP contribution >= 0.6 is 0 Å². The predicted molar refractivity (Wildman–Crippen MR) is 60.8 cm³/mol. The maximum Gasteiger partial charge on any atom is 0.390 e. The number of hydrogen-bond donors (Lipinski definition) is 1. The molecule has 0 aliphatic heterocycles. The molecule has 1 aliphatic carbocycles. The van der Waals surface area contributed by atoms with E-state index in [0.29, 0.717) is 13.0 Å². The normalized spacial score (nSPS) is 18.9. The topological polar surface area (TPSA) is 23.5 Å². The molecule has 0 atom stereocenters. The quantitative estimate of drug-likeness (QED) is 0.786. The number of aliphatic hydroxyl groups is 1. The Labute approximate surface area is 101 Å². The van der Waals surface area contributed by atoms with E-state index in [9.17, 15) is 13.2 Å². The molecule has 1 N–H and O–H groups in total. The standard InChI is InChI=1S/C12H22F3NO/c13-12(14,15)7-9-16(8-4-10-17)11-5-2-1-3-6-11/h11,17H,1-10H2. The molecule has 1 rings (SSSR count). The molecule has 5 heteroatoms. The number of aliphatic hydroxyl groups excluding tert-OH is 1. The van der Waals surface area contributed by atoms with Gasteiger partial charge in [-0.2, -0.15) is 13.2 Å². The van der Waals surface area contributed by atoms with Crippen molar-refractivity contribution in [3.05, 3.63) is 0 Å². The number of halogens is 3. The van der Waals surface area contributed by atoms with E-state index in [4.69, 9.17) is 5.11 Å². The van der Waals surface area contributed by atoms with Crippen LogP contribution in [0.2, 0.25) is 0 Å². The van der Waals surface area contributed by atoms with E-state index in [1.54, 1.807) is 0 Å². The molecule has 2 nitrogen and oxygen atoms in total. The van der Waals surface area contributed by atoms with E-state index in [2.05, 4.69) is 0 Å². The van der Waals surface area contributed by atoms with Gasteiger partial charge >= 0.3 is 6.18 Å². The van der Waals surface area contributed by atoms with E-state index >= 15 is 0 Å². The second kappa shape index (κ2) is 7.21. The van der Waals surface area contributed by atoms with Gasteiger partial charge in [-0.05, 0) is 19.3 Å². The second-order valence-electron chi connectivity index (χ2n) is 4.77. The third kappa shape index (κ3) is 6.27. The van der Waals surface area contributed by atoms with E-state index in [-0.39, 0.29) is 19.2 Å². The zero-order valence-corrected chi connectivity index (χ0v) is 10.2. The monoisotopic (exact) mass is 253 g/mol. The van der Waals surface area contributed by atoms with Gasteiger partial charge in [-0.25, -0.2) is 0 Å². The molecule has 0 heterocycles. The summed E-state index contributed by atoms with van der Waals surface area (Å²) in [4.78, 5) is 1.92. The molecule has 1 saturated carbocycles. The van der Waals surface area contributed by atoms with Gasteiger partial charge in [-0.15, -0.1) is 0 Å². The Bertz CT molecular complexity index is 202. The van der Waals surface area contributed by atoms with Crippen LogP contribution in [-0.4, -0.2) is 41.9 Å². The highest BCUT2D eigenvalue weighted by atomic mass is 19.4. The summed E-state index contributed by atoms with van der Waals surface area (Å²) in [5.41, 5.74) is 0. The summed E-state index contributed by atoms with van der Waals surface area (Å²) in [5, 5.41) is 8.79. The minimum absolute atomic E-state index is 0.0508. The van der Waals surface area contributed by atoms with Crippen molar-refractivity contribution in [1.82, 2.24) is 4.90 Å². The molecule has 102 valence electrons. The van der Waals surface area contributed by atoms with Gasteiger partial charge in [0.1, 0.15) is 0 Å². The number of alkyl halides is 3. The minimum atomic E-state index is -4.08. The van der Waals surface area contributed by atoms with Crippen LogP contribution in [-0.2, 0) is 0 Å². The van der Waals surface area contributed by atoms with Gasteiger partial charge in [-0.3, -0.25) is 4.90 Å². The SMILES string of the molecule is OCCCN(CCC(F)(F)F)C1CCCCC1. The maximum atomic E-state index is 12.2. The highest BCUT2D eigenvalue weighted by Gasteiger charge is 2.29. The van der Waals surface area contributed by atoms with Crippen molar-refractivity contribution < 1.29 is 18.3 Å². The summed E-state index contributed by atoms with van der Waals surface area (Å²) < 4.78 is 36.7. The third-order valence-electron chi connectivity index (χ3n) is 3.38. The summed E-state index contributed by atoms with van der Waals surface area (Å²) in [6.07, 6.45) is 1.18. The van der Waals surface area contributed by atoms with Crippen molar-refractivity contribution in [3.8, 4) is 0 Å². The van der Waals surface area contributed by atoms with E-state index in [0.717, 1.165) is 25.7 Å². The second-order valence-corrected chi connectivity index (χ2v) is 4.77. The first-order valence-corrected chi connectivity index (χ1v) is 6.44. The Morgan fingerprint density at radius 2 is 1.71 bits per heavy atom. The van der Waals surface area contributed by atoms with Crippen LogP contribution in [0.5, 0.6) is 0 Å². The Morgan fingerprint density at radius 3 is 2.24 bits per heavy atom. The lowest BCUT2D eigenvalue weighted by Gasteiger charge is -2.34. The molecule has 0 radical (unpaired) electrons. The first kappa shape index (κ1) is 14.8. The number of rotatable bonds is 6. The number of hydrogen-bond acceptors (Lipinski definition) is 2. The molecule has 0 aromatic heterocycles. The summed E-state index contributed by atoms with van der Waals surface area (Å²) in [7, 11) is 0. The maximum absolute atomic E-state index is 12.2. The van der Waals surface area contributed by atoms with E-state index < -0.39 is 12.6 Å². The van der Waals surface area contributed by atoms with Crippen molar-refractivity contribution in [2.24, 2.45) is 0 Å². The van der Waals surface area contributed by atoms with E-state index in [1.807, 2.05) is 4.90 Å². The summed E-state index contributed by atoms with van der Waals surface area (Å²) >= 11 is 0. The average molecular weight is 253 g/mol. The zero-order valence-electron chi connectivity index (χ0n) is 10.2. The van der Waals surface area contributed by atoms with Gasteiger partial charge < -0.3 is 5.11 Å². The van der Waals surface area contributed by atoms with Crippen LogP contribution in [0.4, 0.5) is 13.2 Å². The van der Waals surface area contributed by atoms with Crippen molar-refractivity contribution in [2.75, 3.05) is 19.7 Å². The van der Waals surface area contributed by atoms with Gasteiger partial charge in [0.25, 0.3) is 0 Å². The molecular weight excluding hydrogens is 231 g/mol. The fourth-order valence-electron chi connectivity index (χ4n) is 2.47. The summed E-state index contributed by atoms with van der Waals surface area (Å²) in [6, 6.07) is 0.289. The van der Waals surface area contributed by atoms with Crippen LogP contribution in [0.1, 0.15) is 44.9 Å². The van der Waals surface area contributed by atoms with Crippen LogP contribution < -0.4 is 0 Å². The average Bonchev–Trinajstić information content (AvgIpc) is 2.29. The fraction of sp³-hybridized carbons (Fsp3) is 1.00. The Hall–Kier alpha value is -0.290. The van der Waals surface area contributed by atoms with Gasteiger partial charge in [-0.1, -0.05) is 19.3 Å². The largest absolute Gasteiger partial charge is 0.396 e. The molecule has 0 amide bonds. The van der Waals surface area contributed by atoms with Crippen molar-refractivity contribution in [1.29, 1.82) is 0 Å². The molecular formula is C12H22F3NO. The Kier molecular flexibility index (Phi) is 6.27. The summed E-state index contributed by atoms with van der Waals surface area (Å²) in [5.74, 6) is 0. The lowest BCUT2D eigenvalue weighted by molar-refractivity contribution is -0.139. The smallest absolute Gasteiger partial charge is 0.390 e. The van der Waals surface area contributed by atoms with Crippen LogP contribution in [0.15, 0.2) is 0 Å². The van der Waals surface area contributed by atoms with Gasteiger partial charge in [0.05, 0.1) is 6.42 Å². The molecule has 0 aromatic rings. The van der Waals surface area contributed by atoms with Gasteiger partial charge in [0, 0.05) is 25.7 Å². The Morgan fingerprint density at radius 1 is 1.06 bits per heavy atom. The molecule has 0 aromatic carbocycles. The van der Waals surface area contributed by atoms with Crippen LogP contribution in [0, 0.1) is 0 Å². The highest BCUT2D eigenvalue weighted by molar-refractivity contribution is 4.76. The van der Waals surface area contributed by atoms with Crippen molar-refractivity contribution in [2.45, 2.75) is 57.2 Å². The minimum Gasteiger partial charge on any atom is -0.396 e. The zero-order chi connectivity index (χ0) is 12.7. The van der Waals surface area contributed by atoms with Gasteiger partial charge in [0.2, 0.25) is 0 Å². The van der Waals surface area contributed by atoms with Crippen LogP contribution in [0.25, 0.3) is 0 Å². The van der Waals surface area contributed by atoms with Crippen LogP contribution in [0.3, 0.4) is 0 Å². The molecule has 0 unspecified atom stereocenters. The van der Waals surface area contributed by atoms with Gasteiger partial charge in [0.15, 0.2) is 0 Å². The highest BCUT2D eigenvalue weighted by Crippen LogP contribution is 2.25. The van der Waals surface area contributed by atoms with E-state index in [1.165, 1.54) is 6.42 Å². The molecule has 0 saturated heterocycles. The molecule has 0 bridgehead atoms. The van der Waals surface area contributed by atoms with Crippen molar-refractivity contribution in [3.63, 3.8) is 0 Å². The number of nitrogens with zero attached hydrogens (tertiary/aromatic N) is 1. The third-order valence-corrected chi connectivity index (χ3v) is 3.38. The first-order valence-electron chi connectivity index (χ1n) is 6.44. The molecule has 1 fully saturated rings. The Balaban J connectivity index is 2.40. The molecule has 0 spiro atoms. The molecule has 17 heavy (non-hydrogen) atoms.